The molecule has 2 aliphatic rings. The van der Waals surface area contributed by atoms with E-state index in [0.717, 1.165) is 51.4 Å². The maximum Gasteiger partial charge on any atom is 0.349 e. The minimum absolute atomic E-state index is 0.0937. The lowest BCUT2D eigenvalue weighted by molar-refractivity contribution is -0.154. The van der Waals surface area contributed by atoms with Gasteiger partial charge in [0.2, 0.25) is 0 Å². The molecule has 2 aliphatic carbocycles. The molecule has 2 rings (SSSR count). The van der Waals surface area contributed by atoms with Crippen LogP contribution in [-0.2, 0) is 23.8 Å². The summed E-state index contributed by atoms with van der Waals surface area (Å²) in [4.78, 5) is 24.7. The Balaban J connectivity index is 1.93. The van der Waals surface area contributed by atoms with E-state index in [1.165, 1.54) is 19.1 Å². The number of rotatable bonds is 6. The van der Waals surface area contributed by atoms with Gasteiger partial charge in [-0.05, 0) is 58.3 Å². The highest BCUT2D eigenvalue weighted by atomic mass is 16.6. The molecule has 0 unspecified atom stereocenters. The third kappa shape index (κ3) is 5.88. The molecule has 0 radical (unpaired) electrons. The molecule has 0 aromatic carbocycles. The quantitative estimate of drug-likeness (QED) is 0.245. The predicted octanol–water partition coefficient (Wildman–Crippen LogP) is 3.66. The van der Waals surface area contributed by atoms with Gasteiger partial charge in [0.1, 0.15) is 18.5 Å². The van der Waals surface area contributed by atoms with Crippen LogP contribution in [0.5, 0.6) is 0 Å². The molecule has 0 heterocycles. The second kappa shape index (κ2) is 9.58. The van der Waals surface area contributed by atoms with Gasteiger partial charge in [-0.25, -0.2) is 9.59 Å². The number of carbonyl (C=O) groups excluding carboxylic acids is 2. The zero-order valence-electron chi connectivity index (χ0n) is 14.1. The van der Waals surface area contributed by atoms with Crippen molar-refractivity contribution < 1.29 is 23.8 Å². The SMILES string of the molecule is CCOC=C(C(=O)OC1CCCCC1)C(=O)OC1CCCCC1. The van der Waals surface area contributed by atoms with Crippen LogP contribution in [-0.4, -0.2) is 30.8 Å². The van der Waals surface area contributed by atoms with Gasteiger partial charge in [0.15, 0.2) is 5.57 Å². The average molecular weight is 324 g/mol. The molecule has 23 heavy (non-hydrogen) atoms. The van der Waals surface area contributed by atoms with E-state index >= 15 is 0 Å². The molecule has 0 N–H and O–H groups in total. The molecular formula is C18H28O5. The van der Waals surface area contributed by atoms with E-state index < -0.39 is 11.9 Å². The lowest BCUT2D eigenvalue weighted by Gasteiger charge is -2.24. The molecule has 5 nitrogen and oxygen atoms in total. The highest BCUT2D eigenvalue weighted by Crippen LogP contribution is 2.23. The fourth-order valence-electron chi connectivity index (χ4n) is 3.14. The molecule has 0 saturated heterocycles. The fraction of sp³-hybridized carbons (Fsp3) is 0.778. The lowest BCUT2D eigenvalue weighted by atomic mass is 9.97. The van der Waals surface area contributed by atoms with Crippen molar-refractivity contribution in [3.05, 3.63) is 11.8 Å². The van der Waals surface area contributed by atoms with Crippen LogP contribution in [0.3, 0.4) is 0 Å². The molecule has 0 aromatic heterocycles. The summed E-state index contributed by atoms with van der Waals surface area (Å²) in [5.41, 5.74) is -0.122. The first-order valence-electron chi connectivity index (χ1n) is 8.94. The molecule has 0 amide bonds. The summed E-state index contributed by atoms with van der Waals surface area (Å²) in [6, 6.07) is 0. The average Bonchev–Trinajstić information content (AvgIpc) is 2.57. The van der Waals surface area contributed by atoms with Gasteiger partial charge >= 0.3 is 11.9 Å². The summed E-state index contributed by atoms with van der Waals surface area (Å²) in [6.07, 6.45) is 11.1. The number of carbonyl (C=O) groups is 2. The Kier molecular flexibility index (Phi) is 7.43. The first-order chi connectivity index (χ1) is 11.2. The van der Waals surface area contributed by atoms with Gasteiger partial charge in [-0.2, -0.15) is 0 Å². The van der Waals surface area contributed by atoms with Crippen LogP contribution in [0.1, 0.15) is 71.1 Å². The lowest BCUT2D eigenvalue weighted by Crippen LogP contribution is -2.28. The van der Waals surface area contributed by atoms with Crippen molar-refractivity contribution >= 4 is 11.9 Å². The zero-order valence-corrected chi connectivity index (χ0v) is 14.1. The monoisotopic (exact) mass is 324 g/mol. The molecule has 0 bridgehead atoms. The van der Waals surface area contributed by atoms with E-state index in [-0.39, 0.29) is 17.8 Å². The Morgan fingerprint density at radius 1 is 0.826 bits per heavy atom. The van der Waals surface area contributed by atoms with E-state index in [9.17, 15) is 9.59 Å². The Morgan fingerprint density at radius 3 is 1.65 bits per heavy atom. The molecule has 0 aliphatic heterocycles. The number of hydrogen-bond donors (Lipinski definition) is 0. The third-order valence-electron chi connectivity index (χ3n) is 4.46. The molecule has 130 valence electrons. The standard InChI is InChI=1S/C18H28O5/c1-2-21-13-16(17(19)22-14-9-5-3-6-10-14)18(20)23-15-11-7-4-8-12-15/h13-15H,2-12H2,1H3. The van der Waals surface area contributed by atoms with Gasteiger partial charge in [0.25, 0.3) is 0 Å². The van der Waals surface area contributed by atoms with Gasteiger partial charge in [-0.15, -0.1) is 0 Å². The fourth-order valence-corrected chi connectivity index (χ4v) is 3.14. The number of ether oxygens (including phenoxy) is 3. The minimum atomic E-state index is -0.619. The van der Waals surface area contributed by atoms with Crippen molar-refractivity contribution in [1.29, 1.82) is 0 Å². The van der Waals surface area contributed by atoms with Crippen LogP contribution in [0.25, 0.3) is 0 Å². The highest BCUT2D eigenvalue weighted by molar-refractivity contribution is 6.13. The molecule has 0 spiro atoms. The number of hydrogen-bond acceptors (Lipinski definition) is 5. The van der Waals surface area contributed by atoms with E-state index in [1.807, 2.05) is 0 Å². The first-order valence-corrected chi connectivity index (χ1v) is 8.94. The summed E-state index contributed by atoms with van der Waals surface area (Å²) in [5.74, 6) is -1.24. The van der Waals surface area contributed by atoms with Gasteiger partial charge in [-0.1, -0.05) is 12.8 Å². The topological polar surface area (TPSA) is 61.8 Å². The van der Waals surface area contributed by atoms with Crippen molar-refractivity contribution in [2.24, 2.45) is 0 Å². The second-order valence-electron chi connectivity index (χ2n) is 6.32. The summed E-state index contributed by atoms with van der Waals surface area (Å²) in [5, 5.41) is 0. The van der Waals surface area contributed by atoms with Crippen molar-refractivity contribution in [2.45, 2.75) is 83.3 Å². The highest BCUT2D eigenvalue weighted by Gasteiger charge is 2.28. The molecule has 0 atom stereocenters. The predicted molar refractivity (Wildman–Crippen MR) is 85.6 cm³/mol. The largest absolute Gasteiger partial charge is 0.500 e. The Morgan fingerprint density at radius 2 is 1.26 bits per heavy atom. The maximum atomic E-state index is 12.3. The van der Waals surface area contributed by atoms with Crippen molar-refractivity contribution in [2.75, 3.05) is 6.61 Å². The van der Waals surface area contributed by atoms with Crippen LogP contribution < -0.4 is 0 Å². The van der Waals surface area contributed by atoms with Crippen molar-refractivity contribution in [3.8, 4) is 0 Å². The van der Waals surface area contributed by atoms with Crippen LogP contribution in [0, 0.1) is 0 Å². The van der Waals surface area contributed by atoms with Gasteiger partial charge in [0.05, 0.1) is 6.61 Å². The van der Waals surface area contributed by atoms with Crippen molar-refractivity contribution in [3.63, 3.8) is 0 Å². The Bertz CT molecular complexity index is 383. The van der Waals surface area contributed by atoms with Crippen LogP contribution in [0.2, 0.25) is 0 Å². The second-order valence-corrected chi connectivity index (χ2v) is 6.32. The van der Waals surface area contributed by atoms with Crippen LogP contribution in [0.15, 0.2) is 11.8 Å². The van der Waals surface area contributed by atoms with Gasteiger partial charge < -0.3 is 14.2 Å². The molecule has 2 saturated carbocycles. The van der Waals surface area contributed by atoms with Gasteiger partial charge in [0, 0.05) is 0 Å². The summed E-state index contributed by atoms with van der Waals surface area (Å²) >= 11 is 0. The summed E-state index contributed by atoms with van der Waals surface area (Å²) in [6.45, 7) is 2.18. The first kappa shape index (κ1) is 17.8. The zero-order chi connectivity index (χ0) is 16.5. The molecular weight excluding hydrogens is 296 g/mol. The van der Waals surface area contributed by atoms with E-state index in [2.05, 4.69) is 0 Å². The van der Waals surface area contributed by atoms with E-state index in [0.29, 0.717) is 6.61 Å². The Labute approximate surface area is 138 Å². The molecule has 5 heteroatoms. The molecule has 2 fully saturated rings. The normalized spacial score (nSPS) is 19.7. The molecule has 0 aromatic rings. The van der Waals surface area contributed by atoms with E-state index in [4.69, 9.17) is 14.2 Å². The van der Waals surface area contributed by atoms with Crippen molar-refractivity contribution in [1.82, 2.24) is 0 Å². The van der Waals surface area contributed by atoms with Crippen LogP contribution in [0.4, 0.5) is 0 Å². The smallest absolute Gasteiger partial charge is 0.349 e. The maximum absolute atomic E-state index is 12.3. The minimum Gasteiger partial charge on any atom is -0.500 e. The number of esters is 2. The third-order valence-corrected chi connectivity index (χ3v) is 4.46. The van der Waals surface area contributed by atoms with Crippen LogP contribution >= 0.6 is 0 Å². The summed E-state index contributed by atoms with van der Waals surface area (Å²) in [7, 11) is 0. The Hall–Kier alpha value is -1.52. The van der Waals surface area contributed by atoms with Gasteiger partial charge in [-0.3, -0.25) is 0 Å². The van der Waals surface area contributed by atoms with E-state index in [1.54, 1.807) is 6.92 Å². The summed E-state index contributed by atoms with van der Waals surface area (Å²) < 4.78 is 16.1.